The van der Waals surface area contributed by atoms with Crippen molar-refractivity contribution in [2.75, 3.05) is 18.4 Å². The minimum Gasteiger partial charge on any atom is -0.508 e. The average molecular weight is 308 g/mol. The number of carbonyl (C=O) groups excluding carboxylic acids is 1. The molecule has 2 rings (SSSR count). The second kappa shape index (κ2) is 6.14. The van der Waals surface area contributed by atoms with Crippen LogP contribution < -0.4 is 10.6 Å². The van der Waals surface area contributed by atoms with Crippen LogP contribution in [0.25, 0.3) is 0 Å². The number of hydrogen-bond acceptors (Lipinski definition) is 5. The van der Waals surface area contributed by atoms with Gasteiger partial charge in [0.15, 0.2) is 0 Å². The van der Waals surface area contributed by atoms with E-state index in [2.05, 4.69) is 10.6 Å². The number of anilines is 1. The molecule has 0 spiro atoms. The minimum absolute atomic E-state index is 0.0499. The molecule has 0 saturated carbocycles. The summed E-state index contributed by atoms with van der Waals surface area (Å²) < 4.78 is 5.16. The number of ether oxygens (including phenoxy) is 1. The third-order valence-electron chi connectivity index (χ3n) is 3.47. The lowest BCUT2D eigenvalue weighted by Crippen LogP contribution is -2.33. The lowest BCUT2D eigenvalue weighted by atomic mass is 9.93. The van der Waals surface area contributed by atoms with Gasteiger partial charge >= 0.3 is 6.09 Å². The fourth-order valence-corrected chi connectivity index (χ4v) is 2.45. The second-order valence-electron chi connectivity index (χ2n) is 6.80. The van der Waals surface area contributed by atoms with Gasteiger partial charge in [-0.2, -0.15) is 0 Å². The Morgan fingerprint density at radius 3 is 2.73 bits per heavy atom. The van der Waals surface area contributed by atoms with Crippen molar-refractivity contribution in [2.24, 2.45) is 0 Å². The molecule has 0 aliphatic carbocycles. The molecule has 1 aromatic rings. The third-order valence-corrected chi connectivity index (χ3v) is 3.47. The Hall–Kier alpha value is -1.79. The summed E-state index contributed by atoms with van der Waals surface area (Å²) in [5.74, 6) is 0.0499. The molecular weight excluding hydrogens is 284 g/mol. The van der Waals surface area contributed by atoms with Crippen molar-refractivity contribution in [1.82, 2.24) is 5.32 Å². The first-order valence-electron chi connectivity index (χ1n) is 7.42. The van der Waals surface area contributed by atoms with Crippen LogP contribution in [0.5, 0.6) is 5.75 Å². The van der Waals surface area contributed by atoms with Gasteiger partial charge in [-0.3, -0.25) is 5.32 Å². The number of aromatic hydroxyl groups is 1. The molecule has 1 saturated heterocycles. The first-order chi connectivity index (χ1) is 10.2. The van der Waals surface area contributed by atoms with E-state index in [0.717, 1.165) is 6.54 Å². The molecular formula is C16H24N2O4. The highest BCUT2D eigenvalue weighted by atomic mass is 16.6. The average Bonchev–Trinajstić information content (AvgIpc) is 2.77. The lowest BCUT2D eigenvalue weighted by molar-refractivity contribution is 0.0609. The molecule has 1 aliphatic heterocycles. The van der Waals surface area contributed by atoms with Crippen LogP contribution in [0.3, 0.4) is 0 Å². The van der Waals surface area contributed by atoms with E-state index in [1.165, 1.54) is 6.07 Å². The van der Waals surface area contributed by atoms with E-state index >= 15 is 0 Å². The summed E-state index contributed by atoms with van der Waals surface area (Å²) in [6.07, 6.45) is 0.460. The Bertz CT molecular complexity index is 546. The van der Waals surface area contributed by atoms with Gasteiger partial charge in [0.1, 0.15) is 11.4 Å². The maximum atomic E-state index is 11.7. The number of β-amino-alcohol motifs (C(OH)–C–C–N with tert-alkyl or cyclic N) is 1. The van der Waals surface area contributed by atoms with E-state index in [-0.39, 0.29) is 5.75 Å². The van der Waals surface area contributed by atoms with Crippen LogP contribution in [-0.4, -0.2) is 40.6 Å². The monoisotopic (exact) mass is 308 g/mol. The van der Waals surface area contributed by atoms with Crippen molar-refractivity contribution in [3.05, 3.63) is 23.8 Å². The highest BCUT2D eigenvalue weighted by Crippen LogP contribution is 2.28. The van der Waals surface area contributed by atoms with E-state index in [9.17, 15) is 15.0 Å². The van der Waals surface area contributed by atoms with Gasteiger partial charge in [-0.1, -0.05) is 6.07 Å². The molecule has 6 heteroatoms. The van der Waals surface area contributed by atoms with Gasteiger partial charge in [0, 0.05) is 24.7 Å². The van der Waals surface area contributed by atoms with Crippen LogP contribution in [0, 0.1) is 0 Å². The summed E-state index contributed by atoms with van der Waals surface area (Å²) in [4.78, 5) is 11.7. The molecule has 1 fully saturated rings. The molecule has 4 N–H and O–H groups in total. The number of hydrogen-bond donors (Lipinski definition) is 4. The zero-order valence-electron chi connectivity index (χ0n) is 13.3. The fraction of sp³-hybridized carbons (Fsp3) is 0.562. The molecule has 1 aliphatic rings. The van der Waals surface area contributed by atoms with Gasteiger partial charge in [0.2, 0.25) is 0 Å². The van der Waals surface area contributed by atoms with Crippen molar-refractivity contribution in [3.63, 3.8) is 0 Å². The van der Waals surface area contributed by atoms with Crippen LogP contribution in [0.1, 0.15) is 32.8 Å². The number of aliphatic hydroxyl groups is 1. The van der Waals surface area contributed by atoms with Crippen LogP contribution in [0.2, 0.25) is 0 Å². The Morgan fingerprint density at radius 2 is 2.18 bits per heavy atom. The van der Waals surface area contributed by atoms with Crippen molar-refractivity contribution in [3.8, 4) is 5.75 Å². The minimum atomic E-state index is -0.822. The molecule has 6 nitrogen and oxygen atoms in total. The van der Waals surface area contributed by atoms with Gasteiger partial charge in [0.05, 0.1) is 5.60 Å². The van der Waals surface area contributed by atoms with Crippen LogP contribution in [0.4, 0.5) is 10.5 Å². The van der Waals surface area contributed by atoms with Crippen molar-refractivity contribution < 1.29 is 19.7 Å². The Kier molecular flexibility index (Phi) is 4.63. The Balaban J connectivity index is 2.02. The molecule has 1 heterocycles. The number of amides is 1. The summed E-state index contributed by atoms with van der Waals surface area (Å²) in [5.41, 5.74) is -0.296. The van der Waals surface area contributed by atoms with Gasteiger partial charge in [-0.05, 0) is 45.4 Å². The maximum absolute atomic E-state index is 11.7. The maximum Gasteiger partial charge on any atom is 0.412 e. The fourth-order valence-electron chi connectivity index (χ4n) is 2.45. The van der Waals surface area contributed by atoms with Crippen LogP contribution in [0.15, 0.2) is 18.2 Å². The van der Waals surface area contributed by atoms with E-state index in [0.29, 0.717) is 30.6 Å². The molecule has 1 unspecified atom stereocenters. The van der Waals surface area contributed by atoms with E-state index < -0.39 is 17.3 Å². The molecule has 0 aromatic heterocycles. The largest absolute Gasteiger partial charge is 0.508 e. The Labute approximate surface area is 130 Å². The van der Waals surface area contributed by atoms with Crippen molar-refractivity contribution in [2.45, 2.75) is 44.8 Å². The van der Waals surface area contributed by atoms with Crippen LogP contribution >= 0.6 is 0 Å². The zero-order chi connectivity index (χ0) is 16.4. The quantitative estimate of drug-likeness (QED) is 0.686. The number of phenolic OH excluding ortho intramolecular Hbond substituents is 1. The number of phenols is 1. The van der Waals surface area contributed by atoms with Gasteiger partial charge in [-0.25, -0.2) is 4.79 Å². The van der Waals surface area contributed by atoms with Gasteiger partial charge < -0.3 is 20.3 Å². The molecule has 0 radical (unpaired) electrons. The normalized spacial score (nSPS) is 21.6. The van der Waals surface area contributed by atoms with Crippen LogP contribution in [-0.2, 0) is 11.2 Å². The van der Waals surface area contributed by atoms with E-state index in [1.54, 1.807) is 32.9 Å². The summed E-state index contributed by atoms with van der Waals surface area (Å²) in [7, 11) is 0. The Morgan fingerprint density at radius 1 is 1.45 bits per heavy atom. The predicted molar refractivity (Wildman–Crippen MR) is 84.1 cm³/mol. The topological polar surface area (TPSA) is 90.8 Å². The smallest absolute Gasteiger partial charge is 0.412 e. The first-order valence-corrected chi connectivity index (χ1v) is 7.42. The number of carbonyl (C=O) groups is 1. The highest BCUT2D eigenvalue weighted by Gasteiger charge is 2.31. The van der Waals surface area contributed by atoms with E-state index in [1.807, 2.05) is 0 Å². The van der Waals surface area contributed by atoms with E-state index in [4.69, 9.17) is 4.74 Å². The molecule has 1 atom stereocenters. The number of rotatable bonds is 3. The first kappa shape index (κ1) is 16.6. The summed E-state index contributed by atoms with van der Waals surface area (Å²) >= 11 is 0. The van der Waals surface area contributed by atoms with Gasteiger partial charge in [0.25, 0.3) is 0 Å². The third kappa shape index (κ3) is 4.61. The molecule has 0 bridgehead atoms. The summed E-state index contributed by atoms with van der Waals surface area (Å²) in [5, 5.41) is 26.1. The molecule has 122 valence electrons. The van der Waals surface area contributed by atoms with Gasteiger partial charge in [-0.15, -0.1) is 0 Å². The summed E-state index contributed by atoms with van der Waals surface area (Å²) in [6.45, 7) is 6.64. The highest BCUT2D eigenvalue weighted by molar-refractivity contribution is 5.85. The lowest BCUT2D eigenvalue weighted by Gasteiger charge is -2.22. The second-order valence-corrected chi connectivity index (χ2v) is 6.80. The molecule has 1 aromatic carbocycles. The number of benzene rings is 1. The predicted octanol–water partition coefficient (Wildman–Crippen LogP) is 2.01. The SMILES string of the molecule is CC(C)(C)OC(=O)Nc1ccc(CC2(O)CCNC2)c(O)c1. The van der Waals surface area contributed by atoms with Crippen molar-refractivity contribution in [1.29, 1.82) is 0 Å². The standard InChI is InChI=1S/C16H24N2O4/c1-15(2,3)22-14(20)18-12-5-4-11(13(19)8-12)9-16(21)6-7-17-10-16/h4-5,8,17,19,21H,6-7,9-10H2,1-3H3,(H,18,20). The molecule has 1 amide bonds. The zero-order valence-corrected chi connectivity index (χ0v) is 13.3. The number of nitrogens with one attached hydrogen (secondary N) is 2. The summed E-state index contributed by atoms with van der Waals surface area (Å²) in [6, 6.07) is 4.86. The molecule has 22 heavy (non-hydrogen) atoms. The van der Waals surface area contributed by atoms with Crippen molar-refractivity contribution >= 4 is 11.8 Å².